The first-order valence-corrected chi connectivity index (χ1v) is 9.77. The summed E-state index contributed by atoms with van der Waals surface area (Å²) in [4.78, 5) is 12.6. The molecular formula is C23H28ClN3O2. The molecule has 1 saturated carbocycles. The number of benzene rings is 2. The molecule has 0 heterocycles. The largest absolute Gasteiger partial charge is 0.496 e. The number of carbonyl (C=O) groups is 1. The van der Waals surface area contributed by atoms with Gasteiger partial charge in [0.05, 0.1) is 18.7 Å². The van der Waals surface area contributed by atoms with E-state index >= 15 is 0 Å². The Hall–Kier alpha value is -2.55. The van der Waals surface area contributed by atoms with Gasteiger partial charge < -0.3 is 15.4 Å². The molecule has 2 aromatic carbocycles. The van der Waals surface area contributed by atoms with E-state index in [1.165, 1.54) is 0 Å². The van der Waals surface area contributed by atoms with Gasteiger partial charge in [-0.2, -0.15) is 5.26 Å². The number of hydrogen-bond donors (Lipinski definition) is 2. The van der Waals surface area contributed by atoms with Crippen molar-refractivity contribution in [3.8, 4) is 22.9 Å². The molecule has 1 aliphatic rings. The molecule has 29 heavy (non-hydrogen) atoms. The van der Waals surface area contributed by atoms with Crippen LogP contribution in [0.5, 0.6) is 5.75 Å². The van der Waals surface area contributed by atoms with Crippen LogP contribution in [0.3, 0.4) is 0 Å². The molecule has 0 saturated heterocycles. The average Bonchev–Trinajstić information content (AvgIpc) is 2.77. The fraction of sp³-hybridized carbons (Fsp3) is 0.391. The lowest BCUT2D eigenvalue weighted by atomic mass is 9.85. The molecule has 1 fully saturated rings. The molecule has 2 aromatic rings. The summed E-state index contributed by atoms with van der Waals surface area (Å²) in [6, 6.07) is 16.1. The zero-order valence-corrected chi connectivity index (χ0v) is 17.7. The van der Waals surface area contributed by atoms with Crippen LogP contribution in [0.25, 0.3) is 11.1 Å². The van der Waals surface area contributed by atoms with Gasteiger partial charge in [0.25, 0.3) is 0 Å². The van der Waals surface area contributed by atoms with E-state index in [-0.39, 0.29) is 24.2 Å². The number of rotatable bonds is 6. The van der Waals surface area contributed by atoms with Crippen LogP contribution in [-0.2, 0) is 11.3 Å². The Morgan fingerprint density at radius 3 is 2.34 bits per heavy atom. The summed E-state index contributed by atoms with van der Waals surface area (Å²) in [5.41, 5.74) is 3.64. The van der Waals surface area contributed by atoms with Gasteiger partial charge in [0.15, 0.2) is 0 Å². The van der Waals surface area contributed by atoms with Crippen LogP contribution in [0.4, 0.5) is 0 Å². The Morgan fingerprint density at radius 2 is 1.76 bits per heavy atom. The molecule has 2 N–H and O–H groups in total. The third kappa shape index (κ3) is 5.72. The Kier molecular flexibility index (Phi) is 8.50. The zero-order valence-electron chi connectivity index (χ0n) is 16.9. The Morgan fingerprint density at radius 1 is 1.10 bits per heavy atom. The molecule has 5 nitrogen and oxygen atoms in total. The second-order valence-electron chi connectivity index (χ2n) is 7.27. The van der Waals surface area contributed by atoms with E-state index in [0.717, 1.165) is 48.1 Å². The van der Waals surface area contributed by atoms with Gasteiger partial charge in [-0.15, -0.1) is 12.4 Å². The quantitative estimate of drug-likeness (QED) is 0.749. The van der Waals surface area contributed by atoms with Crippen LogP contribution in [0.15, 0.2) is 42.5 Å². The summed E-state index contributed by atoms with van der Waals surface area (Å²) in [5.74, 6) is 0.981. The molecule has 0 bridgehead atoms. The van der Waals surface area contributed by atoms with E-state index in [2.05, 4.69) is 16.7 Å². The molecule has 0 unspecified atom stereocenters. The molecule has 154 valence electrons. The van der Waals surface area contributed by atoms with Gasteiger partial charge in [0.2, 0.25) is 5.91 Å². The molecule has 0 spiro atoms. The van der Waals surface area contributed by atoms with E-state index in [9.17, 15) is 4.79 Å². The van der Waals surface area contributed by atoms with Crippen molar-refractivity contribution in [2.45, 2.75) is 38.3 Å². The molecule has 3 rings (SSSR count). The van der Waals surface area contributed by atoms with Crippen molar-refractivity contribution in [3.63, 3.8) is 0 Å². The lowest BCUT2D eigenvalue weighted by Crippen LogP contribution is -2.37. The second-order valence-corrected chi connectivity index (χ2v) is 7.27. The predicted molar refractivity (Wildman–Crippen MR) is 117 cm³/mol. The van der Waals surface area contributed by atoms with Crippen molar-refractivity contribution in [1.82, 2.24) is 10.6 Å². The Bertz CT molecular complexity index is 853. The number of carbonyl (C=O) groups excluding carboxylic acids is 1. The molecular weight excluding hydrogens is 386 g/mol. The topological polar surface area (TPSA) is 74.2 Å². The first-order valence-electron chi connectivity index (χ1n) is 9.77. The predicted octanol–water partition coefficient (Wildman–Crippen LogP) is 4.05. The third-order valence-corrected chi connectivity index (χ3v) is 5.59. The van der Waals surface area contributed by atoms with Crippen molar-refractivity contribution < 1.29 is 9.53 Å². The average molecular weight is 414 g/mol. The number of nitriles is 1. The van der Waals surface area contributed by atoms with Crippen LogP contribution in [0.2, 0.25) is 0 Å². The summed E-state index contributed by atoms with van der Waals surface area (Å²) < 4.78 is 5.48. The monoisotopic (exact) mass is 413 g/mol. The smallest absolute Gasteiger partial charge is 0.223 e. The van der Waals surface area contributed by atoms with Crippen molar-refractivity contribution >= 4 is 18.3 Å². The van der Waals surface area contributed by atoms with E-state index in [0.29, 0.717) is 18.2 Å². The maximum atomic E-state index is 12.6. The summed E-state index contributed by atoms with van der Waals surface area (Å²) in [5, 5.41) is 15.3. The summed E-state index contributed by atoms with van der Waals surface area (Å²) >= 11 is 0. The van der Waals surface area contributed by atoms with Gasteiger partial charge >= 0.3 is 0 Å². The van der Waals surface area contributed by atoms with Gasteiger partial charge in [-0.05, 0) is 68.1 Å². The normalized spacial score (nSPS) is 18.2. The summed E-state index contributed by atoms with van der Waals surface area (Å²) in [6.07, 6.45) is 3.96. The van der Waals surface area contributed by atoms with Crippen molar-refractivity contribution in [3.05, 3.63) is 53.6 Å². The van der Waals surface area contributed by atoms with E-state index in [1.54, 1.807) is 7.11 Å². The van der Waals surface area contributed by atoms with Gasteiger partial charge in [-0.1, -0.05) is 18.2 Å². The highest BCUT2D eigenvalue weighted by atomic mass is 35.5. The van der Waals surface area contributed by atoms with Crippen molar-refractivity contribution in [2.24, 2.45) is 5.92 Å². The molecule has 0 radical (unpaired) electrons. The summed E-state index contributed by atoms with van der Waals surface area (Å²) in [6.45, 7) is 0.443. The number of halogens is 1. The fourth-order valence-electron chi connectivity index (χ4n) is 3.80. The van der Waals surface area contributed by atoms with Crippen LogP contribution < -0.4 is 15.4 Å². The molecule has 0 aromatic heterocycles. The SMILES string of the molecule is CNC1CCC(C(=O)NCc2cc(-c3ccc(C#N)cc3)ccc2OC)CC1.Cl. The molecule has 0 aliphatic heterocycles. The molecule has 6 heteroatoms. The highest BCUT2D eigenvalue weighted by Gasteiger charge is 2.25. The first kappa shape index (κ1) is 22.7. The standard InChI is InChI=1S/C23H27N3O2.ClH/c1-25-21-10-7-18(8-11-21)23(27)26-15-20-13-19(9-12-22(20)28-2)17-5-3-16(14-24)4-6-17;/h3-6,9,12-13,18,21,25H,7-8,10-11,15H2,1-2H3,(H,26,27);1H. The van der Waals surface area contributed by atoms with Crippen molar-refractivity contribution in [2.75, 3.05) is 14.2 Å². The van der Waals surface area contributed by atoms with Crippen LogP contribution in [0, 0.1) is 17.2 Å². The highest BCUT2D eigenvalue weighted by molar-refractivity contribution is 5.85. The fourth-order valence-corrected chi connectivity index (χ4v) is 3.80. The molecule has 0 atom stereocenters. The number of nitrogens with one attached hydrogen (secondary N) is 2. The first-order chi connectivity index (χ1) is 13.6. The second kappa shape index (κ2) is 10.8. The van der Waals surface area contributed by atoms with Gasteiger partial charge in [-0.3, -0.25) is 4.79 Å². The van der Waals surface area contributed by atoms with Crippen molar-refractivity contribution in [1.29, 1.82) is 5.26 Å². The van der Waals surface area contributed by atoms with Crippen LogP contribution in [0.1, 0.15) is 36.8 Å². The van der Waals surface area contributed by atoms with Gasteiger partial charge in [0, 0.05) is 24.1 Å². The summed E-state index contributed by atoms with van der Waals surface area (Å²) in [7, 11) is 3.62. The van der Waals surface area contributed by atoms with E-state index < -0.39 is 0 Å². The number of amides is 1. The minimum Gasteiger partial charge on any atom is -0.496 e. The maximum Gasteiger partial charge on any atom is 0.223 e. The Labute approximate surface area is 178 Å². The van der Waals surface area contributed by atoms with Gasteiger partial charge in [-0.25, -0.2) is 0 Å². The minimum absolute atomic E-state index is 0. The minimum atomic E-state index is 0. The number of methoxy groups -OCH3 is 1. The number of hydrogen-bond acceptors (Lipinski definition) is 4. The molecule has 1 aliphatic carbocycles. The maximum absolute atomic E-state index is 12.6. The third-order valence-electron chi connectivity index (χ3n) is 5.59. The Balaban J connectivity index is 0.00000300. The van der Waals surface area contributed by atoms with Crippen LogP contribution >= 0.6 is 12.4 Å². The number of nitrogens with zero attached hydrogens (tertiary/aromatic N) is 1. The van der Waals surface area contributed by atoms with Crippen LogP contribution in [-0.4, -0.2) is 26.1 Å². The zero-order chi connectivity index (χ0) is 19.9. The molecule has 1 amide bonds. The van der Waals surface area contributed by atoms with E-state index in [1.807, 2.05) is 49.5 Å². The van der Waals surface area contributed by atoms with Gasteiger partial charge in [0.1, 0.15) is 5.75 Å². The lowest BCUT2D eigenvalue weighted by Gasteiger charge is -2.27. The number of ether oxygens (including phenoxy) is 1. The highest BCUT2D eigenvalue weighted by Crippen LogP contribution is 2.28. The van der Waals surface area contributed by atoms with E-state index in [4.69, 9.17) is 10.00 Å². The lowest BCUT2D eigenvalue weighted by molar-refractivity contribution is -0.126.